The third-order valence-corrected chi connectivity index (χ3v) is 6.57. The molecule has 1 N–H and O–H groups in total. The standard InChI is InChI=1S/C24H24N2O4S/c27-23(25-15-18-16-29-20-8-4-5-9-21(20)30-18)22-14-19(17-6-2-1-3-7-17)24(31-22)26-10-12-28-13-11-26/h1-9,14,18H,10-13,15-16H2,(H,25,27). The Morgan fingerprint density at radius 1 is 1.03 bits per heavy atom. The van der Waals surface area contributed by atoms with Crippen LogP contribution in [0.1, 0.15) is 9.67 Å². The highest BCUT2D eigenvalue weighted by Gasteiger charge is 2.24. The van der Waals surface area contributed by atoms with Gasteiger partial charge in [-0.2, -0.15) is 0 Å². The van der Waals surface area contributed by atoms with Crippen LogP contribution in [0.25, 0.3) is 11.1 Å². The number of carbonyl (C=O) groups excluding carboxylic acids is 1. The van der Waals surface area contributed by atoms with Gasteiger partial charge < -0.3 is 24.4 Å². The van der Waals surface area contributed by atoms with E-state index in [1.54, 1.807) is 0 Å². The summed E-state index contributed by atoms with van der Waals surface area (Å²) in [5, 5.41) is 4.13. The molecule has 6 nitrogen and oxygen atoms in total. The molecular formula is C24H24N2O4S. The zero-order valence-electron chi connectivity index (χ0n) is 17.1. The van der Waals surface area contributed by atoms with E-state index in [1.807, 2.05) is 48.5 Å². The van der Waals surface area contributed by atoms with Crippen molar-refractivity contribution >= 4 is 22.2 Å². The van der Waals surface area contributed by atoms with E-state index in [2.05, 4.69) is 22.3 Å². The molecule has 0 aliphatic carbocycles. The van der Waals surface area contributed by atoms with Crippen LogP contribution in [-0.4, -0.2) is 51.5 Å². The normalized spacial score (nSPS) is 17.9. The van der Waals surface area contributed by atoms with E-state index >= 15 is 0 Å². The highest BCUT2D eigenvalue weighted by Crippen LogP contribution is 2.39. The molecule has 1 unspecified atom stereocenters. The van der Waals surface area contributed by atoms with Gasteiger partial charge in [0.25, 0.3) is 5.91 Å². The number of thiophene rings is 1. The Morgan fingerprint density at radius 2 is 1.77 bits per heavy atom. The fourth-order valence-electron chi connectivity index (χ4n) is 3.78. The van der Waals surface area contributed by atoms with Crippen molar-refractivity contribution in [3.8, 4) is 22.6 Å². The third-order valence-electron chi connectivity index (χ3n) is 5.38. The van der Waals surface area contributed by atoms with Gasteiger partial charge in [0.05, 0.1) is 29.6 Å². The molecule has 0 bridgehead atoms. The number of carbonyl (C=O) groups is 1. The zero-order chi connectivity index (χ0) is 21.0. The van der Waals surface area contributed by atoms with Gasteiger partial charge in [-0.05, 0) is 23.8 Å². The van der Waals surface area contributed by atoms with Gasteiger partial charge in [-0.1, -0.05) is 42.5 Å². The Kier molecular flexibility index (Phi) is 5.78. The Bertz CT molecular complexity index is 1050. The Hall–Kier alpha value is -3.03. The molecule has 1 fully saturated rings. The minimum Gasteiger partial charge on any atom is -0.486 e. The van der Waals surface area contributed by atoms with Crippen molar-refractivity contribution in [2.45, 2.75) is 6.10 Å². The first-order valence-corrected chi connectivity index (χ1v) is 11.3. The molecule has 3 heterocycles. The van der Waals surface area contributed by atoms with Crippen LogP contribution in [0, 0.1) is 0 Å². The molecule has 3 aromatic rings. The minimum absolute atomic E-state index is 0.0934. The summed E-state index contributed by atoms with van der Waals surface area (Å²) in [5.74, 6) is 1.36. The van der Waals surface area contributed by atoms with Crippen molar-refractivity contribution in [1.29, 1.82) is 0 Å². The quantitative estimate of drug-likeness (QED) is 0.659. The van der Waals surface area contributed by atoms with Gasteiger partial charge in [-0.25, -0.2) is 0 Å². The number of nitrogens with one attached hydrogen (secondary N) is 1. The number of rotatable bonds is 5. The monoisotopic (exact) mass is 436 g/mol. The number of anilines is 1. The topological polar surface area (TPSA) is 60.0 Å². The van der Waals surface area contributed by atoms with Crippen LogP contribution in [0.5, 0.6) is 11.5 Å². The number of fused-ring (bicyclic) bond motifs is 1. The molecule has 2 aliphatic rings. The maximum Gasteiger partial charge on any atom is 0.261 e. The molecule has 0 saturated carbocycles. The molecule has 5 rings (SSSR count). The van der Waals surface area contributed by atoms with Gasteiger partial charge in [0.2, 0.25) is 0 Å². The lowest BCUT2D eigenvalue weighted by Crippen LogP contribution is -2.40. The highest BCUT2D eigenvalue weighted by molar-refractivity contribution is 7.18. The Balaban J connectivity index is 1.31. The molecule has 1 saturated heterocycles. The van der Waals surface area contributed by atoms with E-state index in [4.69, 9.17) is 14.2 Å². The van der Waals surface area contributed by atoms with Gasteiger partial charge in [0, 0.05) is 18.7 Å². The lowest BCUT2D eigenvalue weighted by Gasteiger charge is -2.28. The van der Waals surface area contributed by atoms with Crippen molar-refractivity contribution in [2.24, 2.45) is 0 Å². The zero-order valence-corrected chi connectivity index (χ0v) is 17.9. The Morgan fingerprint density at radius 3 is 2.58 bits per heavy atom. The molecule has 2 aliphatic heterocycles. The molecule has 0 radical (unpaired) electrons. The first kappa shape index (κ1) is 19.9. The molecule has 0 spiro atoms. The maximum atomic E-state index is 13.0. The van der Waals surface area contributed by atoms with Gasteiger partial charge >= 0.3 is 0 Å². The molecule has 31 heavy (non-hydrogen) atoms. The lowest BCUT2D eigenvalue weighted by atomic mass is 10.1. The van der Waals surface area contributed by atoms with Crippen LogP contribution >= 0.6 is 11.3 Å². The molecule has 160 valence electrons. The van der Waals surface area contributed by atoms with Crippen molar-refractivity contribution in [1.82, 2.24) is 5.32 Å². The van der Waals surface area contributed by atoms with E-state index < -0.39 is 0 Å². The number of para-hydroxylation sites is 2. The van der Waals surface area contributed by atoms with E-state index in [0.29, 0.717) is 37.0 Å². The maximum absolute atomic E-state index is 13.0. The first-order chi connectivity index (χ1) is 15.3. The summed E-state index contributed by atoms with van der Waals surface area (Å²) in [4.78, 5) is 16.0. The summed E-state index contributed by atoms with van der Waals surface area (Å²) in [5.41, 5.74) is 2.20. The molecule has 2 aromatic carbocycles. The summed E-state index contributed by atoms with van der Waals surface area (Å²) in [6.45, 7) is 3.86. The second kappa shape index (κ2) is 8.99. The van der Waals surface area contributed by atoms with Crippen molar-refractivity contribution in [2.75, 3.05) is 44.4 Å². The predicted molar refractivity (Wildman–Crippen MR) is 121 cm³/mol. The average Bonchev–Trinajstić information content (AvgIpc) is 3.29. The number of hydrogen-bond donors (Lipinski definition) is 1. The lowest BCUT2D eigenvalue weighted by molar-refractivity contribution is 0.0791. The van der Waals surface area contributed by atoms with Gasteiger partial charge in [0.15, 0.2) is 11.5 Å². The summed E-state index contributed by atoms with van der Waals surface area (Å²) in [6, 6.07) is 19.8. The summed E-state index contributed by atoms with van der Waals surface area (Å²) in [7, 11) is 0. The van der Waals surface area contributed by atoms with Gasteiger partial charge in [0.1, 0.15) is 12.7 Å². The van der Waals surface area contributed by atoms with Crippen LogP contribution in [0.15, 0.2) is 60.7 Å². The van der Waals surface area contributed by atoms with Crippen LogP contribution in [0.2, 0.25) is 0 Å². The van der Waals surface area contributed by atoms with E-state index in [9.17, 15) is 4.79 Å². The first-order valence-electron chi connectivity index (χ1n) is 10.5. The van der Waals surface area contributed by atoms with Crippen molar-refractivity contribution in [3.05, 3.63) is 65.5 Å². The highest BCUT2D eigenvalue weighted by atomic mass is 32.1. The average molecular weight is 437 g/mol. The third kappa shape index (κ3) is 4.38. The van der Waals surface area contributed by atoms with Crippen LogP contribution in [0.4, 0.5) is 5.00 Å². The van der Waals surface area contributed by atoms with Crippen LogP contribution in [0.3, 0.4) is 0 Å². The molecule has 1 amide bonds. The molecule has 1 atom stereocenters. The van der Waals surface area contributed by atoms with Gasteiger partial charge in [-0.15, -0.1) is 11.3 Å². The Labute approximate surface area is 185 Å². The fourth-order valence-corrected chi connectivity index (χ4v) is 4.92. The SMILES string of the molecule is O=C(NCC1COc2ccccc2O1)c1cc(-c2ccccc2)c(N2CCOCC2)s1. The van der Waals surface area contributed by atoms with Crippen LogP contribution < -0.4 is 19.7 Å². The van der Waals surface area contributed by atoms with Crippen molar-refractivity contribution < 1.29 is 19.0 Å². The number of benzene rings is 2. The van der Waals surface area contributed by atoms with E-state index in [-0.39, 0.29) is 12.0 Å². The summed E-state index contributed by atoms with van der Waals surface area (Å²) < 4.78 is 17.2. The number of ether oxygens (including phenoxy) is 3. The number of morpholine rings is 1. The van der Waals surface area contributed by atoms with Gasteiger partial charge in [-0.3, -0.25) is 4.79 Å². The van der Waals surface area contributed by atoms with E-state index in [1.165, 1.54) is 11.3 Å². The molecular weight excluding hydrogens is 412 g/mol. The largest absolute Gasteiger partial charge is 0.486 e. The smallest absolute Gasteiger partial charge is 0.261 e. The van der Waals surface area contributed by atoms with Crippen LogP contribution in [-0.2, 0) is 4.74 Å². The summed E-state index contributed by atoms with van der Waals surface area (Å²) >= 11 is 1.53. The van der Waals surface area contributed by atoms with E-state index in [0.717, 1.165) is 35.0 Å². The number of amides is 1. The molecule has 1 aromatic heterocycles. The van der Waals surface area contributed by atoms with Crippen molar-refractivity contribution in [3.63, 3.8) is 0 Å². The number of hydrogen-bond acceptors (Lipinski definition) is 6. The summed E-state index contributed by atoms with van der Waals surface area (Å²) in [6.07, 6.45) is -0.217. The fraction of sp³-hybridized carbons (Fsp3) is 0.292. The second-order valence-electron chi connectivity index (χ2n) is 7.50. The molecule has 7 heteroatoms. The predicted octanol–water partition coefficient (Wildman–Crippen LogP) is 3.82. The second-order valence-corrected chi connectivity index (χ2v) is 8.53. The minimum atomic E-state index is -0.217. The number of nitrogens with zero attached hydrogens (tertiary/aromatic N) is 1.